The van der Waals surface area contributed by atoms with Gasteiger partial charge in [-0.2, -0.15) is 4.68 Å². The number of amides is 2. The van der Waals surface area contributed by atoms with Crippen LogP contribution in [0.1, 0.15) is 12.2 Å². The number of nitrogens with one attached hydrogen (secondary N) is 2. The van der Waals surface area contributed by atoms with Crippen LogP contribution in [0.3, 0.4) is 0 Å². The van der Waals surface area contributed by atoms with Crippen LogP contribution in [0.5, 0.6) is 0 Å². The Labute approximate surface area is 148 Å². The Morgan fingerprint density at radius 1 is 1.32 bits per heavy atom. The van der Waals surface area contributed by atoms with E-state index in [1.165, 1.54) is 11.8 Å². The largest absolute Gasteiger partial charge is 0.360 e. The van der Waals surface area contributed by atoms with Gasteiger partial charge in [-0.05, 0) is 35.9 Å². The Morgan fingerprint density at radius 3 is 2.92 bits per heavy atom. The summed E-state index contributed by atoms with van der Waals surface area (Å²) in [4.78, 5) is 11.7. The molecule has 0 radical (unpaired) electrons. The number of para-hydroxylation sites is 1. The lowest BCUT2D eigenvalue weighted by Gasteiger charge is -2.05. The number of nitrogens with zero attached hydrogens (tertiary/aromatic N) is 5. The van der Waals surface area contributed by atoms with Crippen molar-refractivity contribution < 1.29 is 9.32 Å². The van der Waals surface area contributed by atoms with Gasteiger partial charge in [-0.1, -0.05) is 35.1 Å². The summed E-state index contributed by atoms with van der Waals surface area (Å²) in [5.74, 6) is 1.81. The number of tetrazole rings is 1. The Kier molecular flexibility index (Phi) is 5.62. The van der Waals surface area contributed by atoms with E-state index in [9.17, 15) is 4.79 Å². The third kappa shape index (κ3) is 4.80. The lowest BCUT2D eigenvalue weighted by atomic mass is 10.3. The van der Waals surface area contributed by atoms with Gasteiger partial charge in [-0.3, -0.25) is 5.32 Å². The first-order valence-electron chi connectivity index (χ1n) is 7.67. The second kappa shape index (κ2) is 8.29. The summed E-state index contributed by atoms with van der Waals surface area (Å²) in [6.07, 6.45) is 0.775. The number of hydrogen-bond donors (Lipinski definition) is 2. The summed E-state index contributed by atoms with van der Waals surface area (Å²) < 4.78 is 6.57. The number of rotatable bonds is 7. The van der Waals surface area contributed by atoms with Gasteiger partial charge in [0.25, 0.3) is 0 Å². The number of aryl methyl sites for hydroxylation is 1. The molecule has 0 saturated carbocycles. The van der Waals surface area contributed by atoms with Crippen LogP contribution >= 0.6 is 11.8 Å². The van der Waals surface area contributed by atoms with Crippen molar-refractivity contribution in [3.05, 3.63) is 42.2 Å². The molecule has 1 aromatic carbocycles. The molecule has 3 aromatic rings. The van der Waals surface area contributed by atoms with Crippen LogP contribution < -0.4 is 10.6 Å². The molecule has 0 unspecified atom stereocenters. The van der Waals surface area contributed by atoms with Crippen molar-refractivity contribution in [2.75, 3.05) is 17.6 Å². The third-order valence-electron chi connectivity index (χ3n) is 3.15. The minimum Gasteiger partial charge on any atom is -0.360 e. The highest BCUT2D eigenvalue weighted by Crippen LogP contribution is 2.18. The maximum Gasteiger partial charge on any atom is 0.320 e. The van der Waals surface area contributed by atoms with Crippen LogP contribution in [0, 0.1) is 6.92 Å². The summed E-state index contributed by atoms with van der Waals surface area (Å²) >= 11 is 1.54. The van der Waals surface area contributed by atoms with E-state index in [1.807, 2.05) is 30.3 Å². The SMILES string of the molecule is Cc1cc(NC(=O)NCCCSc2nnnn2-c2ccccc2)no1. The molecule has 0 saturated heterocycles. The van der Waals surface area contributed by atoms with Gasteiger partial charge in [0.05, 0.1) is 5.69 Å². The number of hydrogen-bond acceptors (Lipinski definition) is 7. The van der Waals surface area contributed by atoms with Crippen LogP contribution in [0.25, 0.3) is 5.69 Å². The fourth-order valence-corrected chi connectivity index (χ4v) is 2.85. The molecule has 0 atom stereocenters. The maximum absolute atomic E-state index is 11.7. The zero-order valence-electron chi connectivity index (χ0n) is 13.5. The van der Waals surface area contributed by atoms with Crippen LogP contribution in [0.15, 0.2) is 46.1 Å². The molecule has 0 fully saturated rings. The molecule has 0 spiro atoms. The lowest BCUT2D eigenvalue weighted by molar-refractivity contribution is 0.252. The molecule has 0 aliphatic rings. The number of carbonyl (C=O) groups excluding carboxylic acids is 1. The van der Waals surface area contributed by atoms with Gasteiger partial charge >= 0.3 is 6.03 Å². The Hall–Kier alpha value is -2.88. The van der Waals surface area contributed by atoms with E-state index < -0.39 is 0 Å². The molecule has 0 aliphatic heterocycles. The average Bonchev–Trinajstić information content (AvgIpc) is 3.24. The predicted molar refractivity (Wildman–Crippen MR) is 92.8 cm³/mol. The van der Waals surface area contributed by atoms with Gasteiger partial charge in [0.2, 0.25) is 5.16 Å². The molecule has 2 amide bonds. The molecule has 3 rings (SSSR count). The Bertz CT molecular complexity index is 818. The maximum atomic E-state index is 11.7. The first-order chi connectivity index (χ1) is 12.2. The smallest absolute Gasteiger partial charge is 0.320 e. The monoisotopic (exact) mass is 359 g/mol. The second-order valence-electron chi connectivity index (χ2n) is 5.11. The van der Waals surface area contributed by atoms with Crippen molar-refractivity contribution in [3.63, 3.8) is 0 Å². The standard InChI is InChI=1S/C15H17N7O2S/c1-11-10-13(19-24-11)17-14(23)16-8-5-9-25-15-18-20-21-22(15)12-6-3-2-4-7-12/h2-4,6-7,10H,5,8-9H2,1H3,(H2,16,17,19,23). The Balaban J connectivity index is 1.39. The van der Waals surface area contributed by atoms with Crippen LogP contribution in [0.4, 0.5) is 10.6 Å². The third-order valence-corrected chi connectivity index (χ3v) is 4.15. The molecule has 2 N–H and O–H groups in total. The molecule has 130 valence electrons. The topological polar surface area (TPSA) is 111 Å². The highest BCUT2D eigenvalue weighted by molar-refractivity contribution is 7.99. The van der Waals surface area contributed by atoms with Crippen molar-refractivity contribution in [3.8, 4) is 5.69 Å². The van der Waals surface area contributed by atoms with E-state index in [2.05, 4.69) is 31.3 Å². The quantitative estimate of drug-likeness (QED) is 0.492. The van der Waals surface area contributed by atoms with Crippen molar-refractivity contribution >= 4 is 23.6 Å². The summed E-state index contributed by atoms with van der Waals surface area (Å²) in [6.45, 7) is 2.29. The number of anilines is 1. The predicted octanol–water partition coefficient (Wildman–Crippen LogP) is 2.26. The second-order valence-corrected chi connectivity index (χ2v) is 6.18. The summed E-state index contributed by atoms with van der Waals surface area (Å²) in [6, 6.07) is 11.0. The number of thioether (sulfide) groups is 1. The Morgan fingerprint density at radius 2 is 2.16 bits per heavy atom. The first kappa shape index (κ1) is 17.0. The fourth-order valence-electron chi connectivity index (χ4n) is 2.02. The van der Waals surface area contributed by atoms with Gasteiger partial charge in [-0.25, -0.2) is 4.79 Å². The van der Waals surface area contributed by atoms with Gasteiger partial charge in [-0.15, -0.1) is 5.10 Å². The van der Waals surface area contributed by atoms with E-state index in [-0.39, 0.29) is 6.03 Å². The molecule has 0 bridgehead atoms. The molecule has 9 nitrogen and oxygen atoms in total. The minimum absolute atomic E-state index is 0.313. The molecule has 2 heterocycles. The molecule has 10 heteroatoms. The zero-order valence-corrected chi connectivity index (χ0v) is 14.4. The van der Waals surface area contributed by atoms with E-state index in [0.29, 0.717) is 23.3 Å². The van der Waals surface area contributed by atoms with Crippen LogP contribution in [-0.2, 0) is 0 Å². The lowest BCUT2D eigenvalue weighted by Crippen LogP contribution is -2.29. The summed E-state index contributed by atoms with van der Waals surface area (Å²) in [5.41, 5.74) is 0.912. The van der Waals surface area contributed by atoms with E-state index >= 15 is 0 Å². The number of benzene rings is 1. The summed E-state index contributed by atoms with van der Waals surface area (Å²) in [7, 11) is 0. The van der Waals surface area contributed by atoms with E-state index in [0.717, 1.165) is 17.9 Å². The van der Waals surface area contributed by atoms with Gasteiger partial charge < -0.3 is 9.84 Å². The normalized spacial score (nSPS) is 10.6. The molecule has 2 aromatic heterocycles. The van der Waals surface area contributed by atoms with Crippen LogP contribution in [0.2, 0.25) is 0 Å². The van der Waals surface area contributed by atoms with E-state index in [1.54, 1.807) is 17.7 Å². The first-order valence-corrected chi connectivity index (χ1v) is 8.66. The highest BCUT2D eigenvalue weighted by atomic mass is 32.2. The highest BCUT2D eigenvalue weighted by Gasteiger charge is 2.09. The molecular weight excluding hydrogens is 342 g/mol. The average molecular weight is 359 g/mol. The number of carbonyl (C=O) groups is 1. The van der Waals surface area contributed by atoms with Crippen molar-refractivity contribution in [1.29, 1.82) is 0 Å². The van der Waals surface area contributed by atoms with Crippen molar-refractivity contribution in [2.45, 2.75) is 18.5 Å². The molecule has 0 aliphatic carbocycles. The van der Waals surface area contributed by atoms with Gasteiger partial charge in [0.1, 0.15) is 5.76 Å². The minimum atomic E-state index is -0.313. The molecule has 25 heavy (non-hydrogen) atoms. The van der Waals surface area contributed by atoms with Gasteiger partial charge in [0, 0.05) is 18.4 Å². The summed E-state index contributed by atoms with van der Waals surface area (Å²) in [5, 5.41) is 21.5. The van der Waals surface area contributed by atoms with Crippen molar-refractivity contribution in [1.82, 2.24) is 30.7 Å². The molecular formula is C15H17N7O2S. The van der Waals surface area contributed by atoms with Crippen LogP contribution in [-0.4, -0.2) is 43.7 Å². The van der Waals surface area contributed by atoms with Crippen molar-refractivity contribution in [2.24, 2.45) is 0 Å². The zero-order chi connectivity index (χ0) is 17.5. The fraction of sp³-hybridized carbons (Fsp3) is 0.267. The van der Waals surface area contributed by atoms with Gasteiger partial charge in [0.15, 0.2) is 5.82 Å². The number of urea groups is 1. The van der Waals surface area contributed by atoms with E-state index in [4.69, 9.17) is 4.52 Å². The number of aromatic nitrogens is 5.